The monoisotopic (exact) mass is 291 g/mol. The first-order valence-electron chi connectivity index (χ1n) is 7.76. The number of aromatic nitrogens is 1. The second-order valence-electron chi connectivity index (χ2n) is 7.62. The van der Waals surface area contributed by atoms with Crippen LogP contribution in [0.1, 0.15) is 45.7 Å². The van der Waals surface area contributed by atoms with Crippen LogP contribution in [0.4, 0.5) is 5.82 Å². The molecule has 0 aromatic carbocycles. The number of aryl methyl sites for hydroxylation is 1. The summed E-state index contributed by atoms with van der Waals surface area (Å²) in [6.45, 7) is 16.4. The minimum Gasteiger partial charge on any atom is -0.372 e. The van der Waals surface area contributed by atoms with Crippen LogP contribution < -0.4 is 10.2 Å². The van der Waals surface area contributed by atoms with Crippen molar-refractivity contribution < 1.29 is 4.74 Å². The normalized spacial score (nSPS) is 18.9. The molecule has 2 rings (SSSR count). The van der Waals surface area contributed by atoms with Gasteiger partial charge in [0.15, 0.2) is 0 Å². The van der Waals surface area contributed by atoms with E-state index < -0.39 is 0 Å². The summed E-state index contributed by atoms with van der Waals surface area (Å²) in [5, 5.41) is 3.50. The molecule has 1 N–H and O–H groups in total. The van der Waals surface area contributed by atoms with Crippen LogP contribution in [0.3, 0.4) is 0 Å². The summed E-state index contributed by atoms with van der Waals surface area (Å²) in [6, 6.07) is 2.24. The van der Waals surface area contributed by atoms with Gasteiger partial charge in [-0.05, 0) is 58.7 Å². The number of anilines is 1. The molecule has 0 unspecified atom stereocenters. The average molecular weight is 291 g/mol. The van der Waals surface area contributed by atoms with Gasteiger partial charge in [0.2, 0.25) is 0 Å². The summed E-state index contributed by atoms with van der Waals surface area (Å²) in [4.78, 5) is 7.03. The highest BCUT2D eigenvalue weighted by atomic mass is 16.5. The number of nitrogens with zero attached hydrogens (tertiary/aromatic N) is 2. The highest BCUT2D eigenvalue weighted by molar-refractivity contribution is 5.48. The van der Waals surface area contributed by atoms with Gasteiger partial charge in [0, 0.05) is 31.4 Å². The summed E-state index contributed by atoms with van der Waals surface area (Å²) >= 11 is 0. The fraction of sp³-hybridized carbons (Fsp3) is 0.706. The predicted octanol–water partition coefficient (Wildman–Crippen LogP) is 2.89. The van der Waals surface area contributed by atoms with Gasteiger partial charge in [-0.2, -0.15) is 0 Å². The van der Waals surface area contributed by atoms with E-state index in [0.29, 0.717) is 0 Å². The molecule has 0 amide bonds. The van der Waals surface area contributed by atoms with Crippen molar-refractivity contribution in [1.82, 2.24) is 10.3 Å². The third-order valence-electron chi connectivity index (χ3n) is 3.66. The van der Waals surface area contributed by atoms with E-state index in [1.807, 2.05) is 6.20 Å². The van der Waals surface area contributed by atoms with Crippen LogP contribution in [0.25, 0.3) is 0 Å². The van der Waals surface area contributed by atoms with Gasteiger partial charge in [-0.25, -0.2) is 4.98 Å². The van der Waals surface area contributed by atoms with E-state index in [1.165, 1.54) is 11.1 Å². The van der Waals surface area contributed by atoms with Crippen LogP contribution in [0.2, 0.25) is 0 Å². The van der Waals surface area contributed by atoms with Crippen LogP contribution in [-0.4, -0.2) is 35.8 Å². The van der Waals surface area contributed by atoms with E-state index in [4.69, 9.17) is 9.72 Å². The smallest absolute Gasteiger partial charge is 0.131 e. The van der Waals surface area contributed by atoms with Crippen molar-refractivity contribution in [2.75, 3.05) is 24.6 Å². The van der Waals surface area contributed by atoms with Gasteiger partial charge in [0.1, 0.15) is 5.82 Å². The predicted molar refractivity (Wildman–Crippen MR) is 87.8 cm³/mol. The van der Waals surface area contributed by atoms with Gasteiger partial charge in [0.05, 0.1) is 12.2 Å². The number of rotatable bonds is 3. The Hall–Kier alpha value is -1.13. The Morgan fingerprint density at radius 2 is 2.10 bits per heavy atom. The quantitative estimate of drug-likeness (QED) is 0.929. The lowest BCUT2D eigenvalue weighted by molar-refractivity contribution is -0.0279. The van der Waals surface area contributed by atoms with Crippen LogP contribution >= 0.6 is 0 Å². The van der Waals surface area contributed by atoms with E-state index >= 15 is 0 Å². The number of hydrogen-bond donors (Lipinski definition) is 1. The molecule has 0 spiro atoms. The molecular formula is C17H29N3O. The van der Waals surface area contributed by atoms with Gasteiger partial charge < -0.3 is 15.0 Å². The topological polar surface area (TPSA) is 37.4 Å². The van der Waals surface area contributed by atoms with E-state index in [2.05, 4.69) is 57.8 Å². The maximum Gasteiger partial charge on any atom is 0.131 e. The number of ether oxygens (including phenoxy) is 1. The van der Waals surface area contributed by atoms with Gasteiger partial charge in [0.25, 0.3) is 0 Å². The Labute approximate surface area is 128 Å². The maximum absolute atomic E-state index is 5.78. The molecule has 0 atom stereocenters. The zero-order valence-electron chi connectivity index (χ0n) is 14.3. The maximum atomic E-state index is 5.78. The highest BCUT2D eigenvalue weighted by Crippen LogP contribution is 2.24. The van der Waals surface area contributed by atoms with E-state index in [-0.39, 0.29) is 11.1 Å². The van der Waals surface area contributed by atoms with E-state index in [9.17, 15) is 0 Å². The van der Waals surface area contributed by atoms with E-state index in [0.717, 1.165) is 32.1 Å². The molecule has 1 aromatic heterocycles. The van der Waals surface area contributed by atoms with Gasteiger partial charge in [-0.1, -0.05) is 0 Å². The standard InChI is InChI=1S/C17H29N3O/c1-13-9-14(11-19-16(2,3)4)10-18-15(13)20-7-8-21-17(5,6)12-20/h9-10,19H,7-8,11-12H2,1-6H3. The van der Waals surface area contributed by atoms with Crippen LogP contribution in [-0.2, 0) is 11.3 Å². The number of morpholine rings is 1. The molecule has 1 fully saturated rings. The summed E-state index contributed by atoms with van der Waals surface area (Å²) in [7, 11) is 0. The lowest BCUT2D eigenvalue weighted by atomic mass is 10.1. The Morgan fingerprint density at radius 3 is 2.67 bits per heavy atom. The second-order valence-corrected chi connectivity index (χ2v) is 7.62. The zero-order valence-corrected chi connectivity index (χ0v) is 14.3. The molecule has 4 heteroatoms. The molecule has 4 nitrogen and oxygen atoms in total. The first-order chi connectivity index (χ1) is 9.66. The first kappa shape index (κ1) is 16.2. The van der Waals surface area contributed by atoms with Gasteiger partial charge >= 0.3 is 0 Å². The summed E-state index contributed by atoms with van der Waals surface area (Å²) in [5.74, 6) is 1.09. The molecule has 1 aromatic rings. The average Bonchev–Trinajstić information content (AvgIpc) is 2.34. The SMILES string of the molecule is Cc1cc(CNC(C)(C)C)cnc1N1CCOC(C)(C)C1. The third-order valence-corrected chi connectivity index (χ3v) is 3.66. The van der Waals surface area contributed by atoms with Crippen molar-refractivity contribution in [3.05, 3.63) is 23.4 Å². The van der Waals surface area contributed by atoms with Crippen molar-refractivity contribution in [3.8, 4) is 0 Å². The zero-order chi connectivity index (χ0) is 15.7. The molecule has 0 bridgehead atoms. The fourth-order valence-electron chi connectivity index (χ4n) is 2.62. The summed E-state index contributed by atoms with van der Waals surface area (Å²) < 4.78 is 5.78. The summed E-state index contributed by atoms with van der Waals surface area (Å²) in [5.41, 5.74) is 2.50. The molecule has 2 heterocycles. The Bertz CT molecular complexity index is 491. The number of pyridine rings is 1. The van der Waals surface area contributed by atoms with Crippen molar-refractivity contribution in [1.29, 1.82) is 0 Å². The van der Waals surface area contributed by atoms with Crippen molar-refractivity contribution in [2.45, 2.75) is 59.2 Å². The Kier molecular flexibility index (Phi) is 4.59. The Morgan fingerprint density at radius 1 is 1.38 bits per heavy atom. The van der Waals surface area contributed by atoms with Gasteiger partial charge in [-0.3, -0.25) is 0 Å². The minimum absolute atomic E-state index is 0.0984. The molecule has 1 aliphatic rings. The highest BCUT2D eigenvalue weighted by Gasteiger charge is 2.28. The summed E-state index contributed by atoms with van der Waals surface area (Å²) in [6.07, 6.45) is 1.99. The van der Waals surface area contributed by atoms with Crippen LogP contribution in [0.5, 0.6) is 0 Å². The lowest BCUT2D eigenvalue weighted by Crippen LogP contribution is -2.48. The largest absolute Gasteiger partial charge is 0.372 e. The third kappa shape index (κ3) is 4.68. The fourth-order valence-corrected chi connectivity index (χ4v) is 2.62. The number of hydrogen-bond acceptors (Lipinski definition) is 4. The molecule has 0 radical (unpaired) electrons. The molecule has 118 valence electrons. The van der Waals surface area contributed by atoms with Crippen molar-refractivity contribution in [3.63, 3.8) is 0 Å². The van der Waals surface area contributed by atoms with Crippen LogP contribution in [0, 0.1) is 6.92 Å². The molecule has 0 aliphatic carbocycles. The Balaban J connectivity index is 2.09. The van der Waals surface area contributed by atoms with E-state index in [1.54, 1.807) is 0 Å². The van der Waals surface area contributed by atoms with Crippen molar-refractivity contribution >= 4 is 5.82 Å². The van der Waals surface area contributed by atoms with Crippen molar-refractivity contribution in [2.24, 2.45) is 0 Å². The molecular weight excluding hydrogens is 262 g/mol. The lowest BCUT2D eigenvalue weighted by Gasteiger charge is -2.39. The van der Waals surface area contributed by atoms with Crippen LogP contribution in [0.15, 0.2) is 12.3 Å². The number of nitrogens with one attached hydrogen (secondary N) is 1. The molecule has 21 heavy (non-hydrogen) atoms. The molecule has 1 saturated heterocycles. The molecule has 1 aliphatic heterocycles. The first-order valence-corrected chi connectivity index (χ1v) is 7.76. The molecule has 0 saturated carbocycles. The second kappa shape index (κ2) is 5.93. The minimum atomic E-state index is -0.0984. The van der Waals surface area contributed by atoms with Gasteiger partial charge in [-0.15, -0.1) is 0 Å².